The van der Waals surface area contributed by atoms with E-state index in [1.165, 1.54) is 10.9 Å². The van der Waals surface area contributed by atoms with E-state index < -0.39 is 5.60 Å². The number of nitrogens with one attached hydrogen (secondary N) is 1. The molecule has 26 heavy (non-hydrogen) atoms. The number of hydrogen-bond donors (Lipinski definition) is 2. The number of anilines is 1. The fraction of sp³-hybridized carbons (Fsp3) is 0.350. The molecule has 2 N–H and O–H groups in total. The van der Waals surface area contributed by atoms with Crippen LogP contribution in [0.15, 0.2) is 41.5 Å². The van der Waals surface area contributed by atoms with Gasteiger partial charge in [0.15, 0.2) is 0 Å². The molecule has 0 amide bonds. The minimum atomic E-state index is -0.895. The third-order valence-corrected chi connectivity index (χ3v) is 4.22. The lowest BCUT2D eigenvalue weighted by molar-refractivity contribution is 0.0786. The minimum absolute atomic E-state index is 0.128. The van der Waals surface area contributed by atoms with Crippen molar-refractivity contribution >= 4 is 16.7 Å². The van der Waals surface area contributed by atoms with Gasteiger partial charge in [-0.05, 0) is 39.3 Å². The highest BCUT2D eigenvalue weighted by molar-refractivity contribution is 5.91. The molecule has 0 aliphatic heterocycles. The zero-order valence-corrected chi connectivity index (χ0v) is 15.7. The van der Waals surface area contributed by atoms with Crippen LogP contribution in [0, 0.1) is 0 Å². The molecule has 3 aromatic rings. The van der Waals surface area contributed by atoms with Crippen LogP contribution < -0.4 is 10.9 Å². The van der Waals surface area contributed by atoms with Gasteiger partial charge in [-0.25, -0.2) is 9.97 Å². The fourth-order valence-electron chi connectivity index (χ4n) is 2.80. The molecule has 2 heterocycles. The number of pyridine rings is 1. The Labute approximate surface area is 152 Å². The average molecular weight is 352 g/mol. The predicted molar refractivity (Wildman–Crippen MR) is 104 cm³/mol. The third-order valence-electron chi connectivity index (χ3n) is 4.22. The van der Waals surface area contributed by atoms with Crippen molar-refractivity contribution in [1.29, 1.82) is 0 Å². The van der Waals surface area contributed by atoms with Crippen LogP contribution in [0.25, 0.3) is 22.2 Å². The van der Waals surface area contributed by atoms with E-state index in [1.54, 1.807) is 20.9 Å². The van der Waals surface area contributed by atoms with Crippen LogP contribution in [0.2, 0.25) is 0 Å². The zero-order valence-electron chi connectivity index (χ0n) is 15.7. The Morgan fingerprint density at radius 1 is 1.19 bits per heavy atom. The maximum Gasteiger partial charge on any atom is 0.264 e. The lowest BCUT2D eigenvalue weighted by atomic mass is 9.96. The van der Waals surface area contributed by atoms with Crippen molar-refractivity contribution in [3.63, 3.8) is 0 Å². The Bertz CT molecular complexity index is 999. The summed E-state index contributed by atoms with van der Waals surface area (Å²) >= 11 is 0. The van der Waals surface area contributed by atoms with E-state index in [0.29, 0.717) is 16.7 Å². The minimum Gasteiger partial charge on any atom is -0.386 e. The second-order valence-electron chi connectivity index (χ2n) is 7.35. The lowest BCUT2D eigenvalue weighted by Crippen LogP contribution is -2.21. The van der Waals surface area contributed by atoms with Gasteiger partial charge in [0, 0.05) is 18.7 Å². The molecule has 0 aliphatic carbocycles. The smallest absolute Gasteiger partial charge is 0.264 e. The Morgan fingerprint density at radius 3 is 2.42 bits per heavy atom. The second-order valence-corrected chi connectivity index (χ2v) is 7.35. The standard InChI is InChI=1S/C20H24N4O2/c1-12(2)22-18-17-16(21-11-24(5)19(17)25)10-15(23-18)13-6-8-14(9-7-13)20(3,4)26/h6-12,26H,1-5H3,(H,22,23). The topological polar surface area (TPSA) is 80.0 Å². The number of aromatic nitrogens is 3. The van der Waals surface area contributed by atoms with E-state index in [2.05, 4.69) is 15.3 Å². The summed E-state index contributed by atoms with van der Waals surface area (Å²) in [6.07, 6.45) is 1.52. The maximum atomic E-state index is 12.5. The molecule has 0 aliphatic rings. The molecule has 0 saturated heterocycles. The van der Waals surface area contributed by atoms with Gasteiger partial charge >= 0.3 is 0 Å². The molecule has 0 radical (unpaired) electrons. The summed E-state index contributed by atoms with van der Waals surface area (Å²) in [7, 11) is 1.68. The summed E-state index contributed by atoms with van der Waals surface area (Å²) in [5.41, 5.74) is 2.03. The summed E-state index contributed by atoms with van der Waals surface area (Å²) in [5, 5.41) is 13.9. The van der Waals surface area contributed by atoms with Crippen molar-refractivity contribution in [1.82, 2.24) is 14.5 Å². The highest BCUT2D eigenvalue weighted by Gasteiger charge is 2.17. The number of fused-ring (bicyclic) bond motifs is 1. The van der Waals surface area contributed by atoms with Gasteiger partial charge in [-0.1, -0.05) is 24.3 Å². The molecule has 6 nitrogen and oxygen atoms in total. The van der Waals surface area contributed by atoms with Crippen molar-refractivity contribution in [3.05, 3.63) is 52.6 Å². The molecule has 1 aromatic carbocycles. The molecular weight excluding hydrogens is 328 g/mol. The molecule has 2 aromatic heterocycles. The highest BCUT2D eigenvalue weighted by atomic mass is 16.3. The zero-order chi connectivity index (χ0) is 19.1. The summed E-state index contributed by atoms with van der Waals surface area (Å²) < 4.78 is 1.45. The Hall–Kier alpha value is -2.73. The summed E-state index contributed by atoms with van der Waals surface area (Å²) in [6, 6.07) is 9.55. The van der Waals surface area contributed by atoms with Gasteiger partial charge in [-0.3, -0.25) is 4.79 Å². The molecule has 0 bridgehead atoms. The van der Waals surface area contributed by atoms with Crippen molar-refractivity contribution in [2.24, 2.45) is 7.05 Å². The van der Waals surface area contributed by atoms with Crippen LogP contribution in [0.4, 0.5) is 5.82 Å². The van der Waals surface area contributed by atoms with Gasteiger partial charge in [0.05, 0.1) is 23.1 Å². The molecule has 3 rings (SSSR count). The molecule has 0 atom stereocenters. The number of rotatable bonds is 4. The molecule has 0 unspecified atom stereocenters. The lowest BCUT2D eigenvalue weighted by Gasteiger charge is -2.18. The Balaban J connectivity index is 2.18. The first-order valence-electron chi connectivity index (χ1n) is 8.63. The van der Waals surface area contributed by atoms with Crippen LogP contribution in [-0.2, 0) is 12.6 Å². The Morgan fingerprint density at radius 2 is 1.85 bits per heavy atom. The fourth-order valence-corrected chi connectivity index (χ4v) is 2.80. The van der Waals surface area contributed by atoms with Crippen LogP contribution in [0.5, 0.6) is 0 Å². The highest BCUT2D eigenvalue weighted by Crippen LogP contribution is 2.27. The van der Waals surface area contributed by atoms with Gasteiger partial charge in [0.2, 0.25) is 0 Å². The summed E-state index contributed by atoms with van der Waals surface area (Å²) in [4.78, 5) is 21.6. The number of aliphatic hydroxyl groups is 1. The van der Waals surface area contributed by atoms with Crippen molar-refractivity contribution in [2.45, 2.75) is 39.3 Å². The molecule has 0 saturated carbocycles. The van der Waals surface area contributed by atoms with E-state index in [0.717, 1.165) is 16.8 Å². The van der Waals surface area contributed by atoms with E-state index in [-0.39, 0.29) is 11.6 Å². The van der Waals surface area contributed by atoms with Crippen LogP contribution in [0.1, 0.15) is 33.3 Å². The van der Waals surface area contributed by atoms with Gasteiger partial charge in [-0.15, -0.1) is 0 Å². The monoisotopic (exact) mass is 352 g/mol. The van der Waals surface area contributed by atoms with Crippen molar-refractivity contribution < 1.29 is 5.11 Å². The van der Waals surface area contributed by atoms with E-state index >= 15 is 0 Å². The number of benzene rings is 1. The Kier molecular flexibility index (Phi) is 4.54. The number of aryl methyl sites for hydroxylation is 1. The summed E-state index contributed by atoms with van der Waals surface area (Å²) in [6.45, 7) is 7.50. The van der Waals surface area contributed by atoms with Gasteiger partial charge in [0.25, 0.3) is 5.56 Å². The van der Waals surface area contributed by atoms with Crippen LogP contribution in [0.3, 0.4) is 0 Å². The first-order valence-corrected chi connectivity index (χ1v) is 8.63. The van der Waals surface area contributed by atoms with E-state index in [4.69, 9.17) is 0 Å². The van der Waals surface area contributed by atoms with E-state index in [9.17, 15) is 9.90 Å². The van der Waals surface area contributed by atoms with Gasteiger partial charge < -0.3 is 15.0 Å². The average Bonchev–Trinajstić information content (AvgIpc) is 2.56. The SMILES string of the molecule is CC(C)Nc1nc(-c2ccc(C(C)(C)O)cc2)cc2ncn(C)c(=O)c12. The molecule has 0 fully saturated rings. The second kappa shape index (κ2) is 6.53. The van der Waals surface area contributed by atoms with Crippen molar-refractivity contribution in [3.8, 4) is 11.3 Å². The van der Waals surface area contributed by atoms with Crippen LogP contribution >= 0.6 is 0 Å². The molecule has 136 valence electrons. The van der Waals surface area contributed by atoms with Crippen molar-refractivity contribution in [2.75, 3.05) is 5.32 Å². The first-order chi connectivity index (χ1) is 12.2. The maximum absolute atomic E-state index is 12.5. The largest absolute Gasteiger partial charge is 0.386 e. The quantitative estimate of drug-likeness (QED) is 0.754. The molecule has 0 spiro atoms. The van der Waals surface area contributed by atoms with Gasteiger partial charge in [0.1, 0.15) is 11.2 Å². The summed E-state index contributed by atoms with van der Waals surface area (Å²) in [5.74, 6) is 0.535. The van der Waals surface area contributed by atoms with Crippen LogP contribution in [-0.4, -0.2) is 25.7 Å². The number of nitrogens with zero attached hydrogens (tertiary/aromatic N) is 3. The molecular formula is C20H24N4O2. The number of hydrogen-bond acceptors (Lipinski definition) is 5. The molecule has 6 heteroatoms. The first kappa shape index (κ1) is 18.1. The normalized spacial score (nSPS) is 12.0. The van der Waals surface area contributed by atoms with Gasteiger partial charge in [-0.2, -0.15) is 0 Å². The van der Waals surface area contributed by atoms with E-state index in [1.807, 2.05) is 44.2 Å². The predicted octanol–water partition coefficient (Wildman–Crippen LogP) is 3.04. The third kappa shape index (κ3) is 3.46.